The Morgan fingerprint density at radius 3 is 1.70 bits per heavy atom. The Morgan fingerprint density at radius 1 is 0.739 bits per heavy atom. The number of nitrogens with zero attached hydrogens (tertiary/aromatic N) is 1. The van der Waals surface area contributed by atoms with E-state index in [9.17, 15) is 4.79 Å². The summed E-state index contributed by atoms with van der Waals surface area (Å²) in [5.74, 6) is -0.00523. The van der Waals surface area contributed by atoms with Crippen molar-refractivity contribution in [3.8, 4) is 0 Å². The van der Waals surface area contributed by atoms with Gasteiger partial charge in [0.15, 0.2) is 0 Å². The minimum absolute atomic E-state index is 0.00523. The molecule has 0 heterocycles. The number of quaternary nitrogens is 1. The first-order valence-electron chi connectivity index (χ1n) is 10.1. The van der Waals surface area contributed by atoms with E-state index in [1.54, 1.807) is 0 Å². The Labute approximate surface area is 145 Å². The van der Waals surface area contributed by atoms with Gasteiger partial charge in [0.05, 0.1) is 19.6 Å². The van der Waals surface area contributed by atoms with Crippen molar-refractivity contribution < 1.29 is 14.0 Å². The van der Waals surface area contributed by atoms with Crippen molar-refractivity contribution in [2.45, 2.75) is 91.9 Å². The third kappa shape index (κ3) is 11.6. The molecule has 0 aromatic heterocycles. The van der Waals surface area contributed by atoms with Crippen LogP contribution in [0.1, 0.15) is 91.9 Å². The molecular weight excluding hydrogens is 286 g/mol. The minimum Gasteiger partial charge on any atom is -0.460 e. The molecule has 138 valence electrons. The standard InChI is InChI=1S/C20H42NO2/c1-5-9-10-11-12-13-14-15-16-17-20(22)23-19-18-21(6-2,7-3)8-4/h5-19H2,1-4H3/q+1. The number of unbranched alkanes of at least 4 members (excludes halogenated alkanes) is 8. The highest BCUT2D eigenvalue weighted by atomic mass is 16.5. The molecular formula is C20H42NO2+. The van der Waals surface area contributed by atoms with Gasteiger partial charge in [-0.2, -0.15) is 0 Å². The second-order valence-electron chi connectivity index (χ2n) is 6.81. The number of ether oxygens (including phenoxy) is 1. The van der Waals surface area contributed by atoms with E-state index in [4.69, 9.17) is 4.74 Å². The first-order valence-corrected chi connectivity index (χ1v) is 10.1. The molecule has 0 aliphatic carbocycles. The van der Waals surface area contributed by atoms with Crippen LogP contribution in [0.4, 0.5) is 0 Å². The maximum Gasteiger partial charge on any atom is 0.305 e. The normalized spacial score (nSPS) is 11.7. The predicted octanol–water partition coefficient (Wildman–Crippen LogP) is 5.33. The smallest absolute Gasteiger partial charge is 0.305 e. The van der Waals surface area contributed by atoms with Gasteiger partial charge in [-0.25, -0.2) is 0 Å². The van der Waals surface area contributed by atoms with Gasteiger partial charge in [0.1, 0.15) is 13.2 Å². The molecule has 0 bridgehead atoms. The molecule has 0 aliphatic rings. The largest absolute Gasteiger partial charge is 0.460 e. The third-order valence-electron chi connectivity index (χ3n) is 5.33. The van der Waals surface area contributed by atoms with Crippen molar-refractivity contribution in [1.29, 1.82) is 0 Å². The first-order chi connectivity index (χ1) is 11.1. The zero-order valence-corrected chi connectivity index (χ0v) is 16.4. The Hall–Kier alpha value is -0.570. The SMILES string of the molecule is CCCCCCCCCCCC(=O)OCC[N+](CC)(CC)CC. The minimum atomic E-state index is -0.00523. The van der Waals surface area contributed by atoms with Crippen molar-refractivity contribution in [2.75, 3.05) is 32.8 Å². The van der Waals surface area contributed by atoms with E-state index in [1.165, 1.54) is 51.4 Å². The number of likely N-dealkylation sites (N-methyl/N-ethyl adjacent to an activating group) is 1. The van der Waals surface area contributed by atoms with E-state index in [0.29, 0.717) is 13.0 Å². The molecule has 0 aromatic rings. The molecule has 0 aromatic carbocycles. The van der Waals surface area contributed by atoms with Gasteiger partial charge in [-0.05, 0) is 27.2 Å². The second-order valence-corrected chi connectivity index (χ2v) is 6.81. The zero-order chi connectivity index (χ0) is 17.4. The maximum absolute atomic E-state index is 11.8. The summed E-state index contributed by atoms with van der Waals surface area (Å²) in [6.07, 6.45) is 12.2. The fraction of sp³-hybridized carbons (Fsp3) is 0.950. The Balaban J connectivity index is 3.50. The predicted molar refractivity (Wildman–Crippen MR) is 99.6 cm³/mol. The molecule has 0 spiro atoms. The van der Waals surface area contributed by atoms with Gasteiger partial charge >= 0.3 is 5.97 Å². The monoisotopic (exact) mass is 328 g/mol. The molecule has 0 saturated heterocycles. The maximum atomic E-state index is 11.8. The fourth-order valence-corrected chi connectivity index (χ4v) is 3.15. The summed E-state index contributed by atoms with van der Waals surface area (Å²) in [7, 11) is 0. The van der Waals surface area contributed by atoms with Gasteiger partial charge in [0.2, 0.25) is 0 Å². The van der Waals surface area contributed by atoms with Crippen LogP contribution in [0.25, 0.3) is 0 Å². The lowest BCUT2D eigenvalue weighted by atomic mass is 10.1. The Morgan fingerprint density at radius 2 is 1.22 bits per heavy atom. The van der Waals surface area contributed by atoms with Crippen LogP contribution in [0.15, 0.2) is 0 Å². The summed E-state index contributed by atoms with van der Waals surface area (Å²) in [5.41, 5.74) is 0. The second kappa shape index (κ2) is 15.0. The number of carbonyl (C=O) groups is 1. The molecule has 0 amide bonds. The van der Waals surface area contributed by atoms with E-state index in [-0.39, 0.29) is 5.97 Å². The third-order valence-corrected chi connectivity index (χ3v) is 5.33. The lowest BCUT2D eigenvalue weighted by molar-refractivity contribution is -0.923. The van der Waals surface area contributed by atoms with Crippen LogP contribution in [0, 0.1) is 0 Å². The highest BCUT2D eigenvalue weighted by Crippen LogP contribution is 2.11. The van der Waals surface area contributed by atoms with Crippen LogP contribution in [0.5, 0.6) is 0 Å². The summed E-state index contributed by atoms with van der Waals surface area (Å²) in [4.78, 5) is 11.8. The average molecular weight is 329 g/mol. The Kier molecular flexibility index (Phi) is 14.6. The van der Waals surface area contributed by atoms with Crippen LogP contribution in [0.3, 0.4) is 0 Å². The summed E-state index contributed by atoms with van der Waals surface area (Å²) >= 11 is 0. The summed E-state index contributed by atoms with van der Waals surface area (Å²) in [5, 5.41) is 0. The number of hydrogen-bond acceptors (Lipinski definition) is 2. The fourth-order valence-electron chi connectivity index (χ4n) is 3.15. The van der Waals surface area contributed by atoms with Crippen molar-refractivity contribution in [3.05, 3.63) is 0 Å². The molecule has 0 N–H and O–H groups in total. The van der Waals surface area contributed by atoms with Gasteiger partial charge in [-0.15, -0.1) is 0 Å². The quantitative estimate of drug-likeness (QED) is 0.217. The molecule has 0 fully saturated rings. The van der Waals surface area contributed by atoms with Crippen molar-refractivity contribution >= 4 is 5.97 Å². The van der Waals surface area contributed by atoms with E-state index >= 15 is 0 Å². The van der Waals surface area contributed by atoms with Gasteiger partial charge in [-0.3, -0.25) is 4.79 Å². The zero-order valence-electron chi connectivity index (χ0n) is 16.4. The number of carbonyl (C=O) groups excluding carboxylic acids is 1. The van der Waals surface area contributed by atoms with Gasteiger partial charge in [0.25, 0.3) is 0 Å². The van der Waals surface area contributed by atoms with Crippen molar-refractivity contribution in [3.63, 3.8) is 0 Å². The molecule has 3 nitrogen and oxygen atoms in total. The number of rotatable bonds is 16. The number of hydrogen-bond donors (Lipinski definition) is 0. The van der Waals surface area contributed by atoms with Gasteiger partial charge in [0, 0.05) is 6.42 Å². The number of esters is 1. The highest BCUT2D eigenvalue weighted by Gasteiger charge is 2.20. The topological polar surface area (TPSA) is 26.3 Å². The lowest BCUT2D eigenvalue weighted by Gasteiger charge is -2.35. The van der Waals surface area contributed by atoms with Crippen LogP contribution in [-0.2, 0) is 9.53 Å². The van der Waals surface area contributed by atoms with E-state index in [0.717, 1.165) is 37.1 Å². The van der Waals surface area contributed by atoms with Crippen molar-refractivity contribution in [1.82, 2.24) is 0 Å². The molecule has 0 unspecified atom stereocenters. The van der Waals surface area contributed by atoms with Gasteiger partial charge in [-0.1, -0.05) is 58.3 Å². The molecule has 0 saturated carbocycles. The summed E-state index contributed by atoms with van der Waals surface area (Å²) < 4.78 is 6.47. The Bertz CT molecular complexity index is 267. The molecule has 3 heteroatoms. The first kappa shape index (κ1) is 22.4. The van der Waals surface area contributed by atoms with E-state index in [2.05, 4.69) is 27.7 Å². The summed E-state index contributed by atoms with van der Waals surface area (Å²) in [6, 6.07) is 0. The van der Waals surface area contributed by atoms with Crippen LogP contribution in [-0.4, -0.2) is 43.2 Å². The lowest BCUT2D eigenvalue weighted by Crippen LogP contribution is -2.49. The van der Waals surface area contributed by atoms with E-state index < -0.39 is 0 Å². The molecule has 0 aliphatic heterocycles. The van der Waals surface area contributed by atoms with Crippen LogP contribution < -0.4 is 0 Å². The summed E-state index contributed by atoms with van der Waals surface area (Å²) in [6.45, 7) is 13.8. The van der Waals surface area contributed by atoms with Gasteiger partial charge < -0.3 is 9.22 Å². The molecule has 0 rings (SSSR count). The molecule has 0 radical (unpaired) electrons. The van der Waals surface area contributed by atoms with Crippen LogP contribution >= 0.6 is 0 Å². The molecule has 23 heavy (non-hydrogen) atoms. The highest BCUT2D eigenvalue weighted by molar-refractivity contribution is 5.69. The molecule has 0 atom stereocenters. The van der Waals surface area contributed by atoms with Crippen molar-refractivity contribution in [2.24, 2.45) is 0 Å². The van der Waals surface area contributed by atoms with Crippen LogP contribution in [0.2, 0.25) is 0 Å². The average Bonchev–Trinajstić information content (AvgIpc) is 2.58. The van der Waals surface area contributed by atoms with E-state index in [1.807, 2.05) is 0 Å².